The summed E-state index contributed by atoms with van der Waals surface area (Å²) in [6, 6.07) is 18.5. The molecule has 1 aromatic heterocycles. The summed E-state index contributed by atoms with van der Waals surface area (Å²) < 4.78 is 0. The highest BCUT2D eigenvalue weighted by atomic mass is 16.1. The molecule has 0 atom stereocenters. The smallest absolute Gasteiger partial charge is 0.178 e. The second-order valence-corrected chi connectivity index (χ2v) is 6.16. The van der Waals surface area contributed by atoms with E-state index in [9.17, 15) is 4.79 Å². The summed E-state index contributed by atoms with van der Waals surface area (Å²) in [7, 11) is 0. The van der Waals surface area contributed by atoms with Crippen LogP contribution in [-0.2, 0) is 6.54 Å². The molecule has 0 fully saturated rings. The van der Waals surface area contributed by atoms with E-state index in [-0.39, 0.29) is 5.78 Å². The maximum atomic E-state index is 12.8. The van der Waals surface area contributed by atoms with Gasteiger partial charge in [-0.25, -0.2) is 0 Å². The van der Waals surface area contributed by atoms with Gasteiger partial charge in [0.15, 0.2) is 5.78 Å². The van der Waals surface area contributed by atoms with Gasteiger partial charge in [-0.2, -0.15) is 0 Å². The Morgan fingerprint density at radius 3 is 2.48 bits per heavy atom. The Hall–Kier alpha value is -2.39. The van der Waals surface area contributed by atoms with Gasteiger partial charge in [0.1, 0.15) is 0 Å². The van der Waals surface area contributed by atoms with Crippen LogP contribution in [0.25, 0.3) is 10.9 Å². The number of carbonyl (C=O) groups excluding carboxylic acids is 1. The number of para-hydroxylation sites is 1. The predicted molar refractivity (Wildman–Crippen MR) is 94.6 cm³/mol. The first-order valence-electron chi connectivity index (χ1n) is 8.02. The van der Waals surface area contributed by atoms with Crippen molar-refractivity contribution in [3.63, 3.8) is 0 Å². The largest absolute Gasteiger partial charge is 0.360 e. The van der Waals surface area contributed by atoms with Gasteiger partial charge < -0.3 is 4.98 Å². The number of aromatic nitrogens is 1. The van der Waals surface area contributed by atoms with Crippen molar-refractivity contribution in [2.75, 3.05) is 6.54 Å². The first-order chi connectivity index (χ1) is 11.1. The first kappa shape index (κ1) is 15.5. The van der Waals surface area contributed by atoms with E-state index in [1.54, 1.807) is 0 Å². The third-order valence-electron chi connectivity index (χ3n) is 4.20. The van der Waals surface area contributed by atoms with Crippen molar-refractivity contribution in [1.82, 2.24) is 9.88 Å². The summed E-state index contributed by atoms with van der Waals surface area (Å²) in [5.74, 6) is 0.159. The van der Waals surface area contributed by atoms with Crippen molar-refractivity contribution in [3.8, 4) is 0 Å². The third kappa shape index (κ3) is 3.51. The fraction of sp³-hybridized carbons (Fsp3) is 0.250. The van der Waals surface area contributed by atoms with Crippen molar-refractivity contribution in [2.45, 2.75) is 26.4 Å². The molecule has 3 heteroatoms. The molecule has 0 aliphatic heterocycles. The molecule has 0 unspecified atom stereocenters. The lowest BCUT2D eigenvalue weighted by atomic mass is 10.1. The van der Waals surface area contributed by atoms with E-state index in [0.29, 0.717) is 12.6 Å². The zero-order valence-corrected chi connectivity index (χ0v) is 13.6. The number of carbonyl (C=O) groups is 1. The van der Waals surface area contributed by atoms with E-state index in [2.05, 4.69) is 35.9 Å². The summed E-state index contributed by atoms with van der Waals surface area (Å²) in [5, 5.41) is 1.00. The monoisotopic (exact) mass is 306 g/mol. The molecule has 23 heavy (non-hydrogen) atoms. The van der Waals surface area contributed by atoms with Crippen LogP contribution < -0.4 is 0 Å². The van der Waals surface area contributed by atoms with Gasteiger partial charge in [0.05, 0.1) is 6.54 Å². The molecule has 0 saturated heterocycles. The van der Waals surface area contributed by atoms with Gasteiger partial charge in [0.2, 0.25) is 0 Å². The van der Waals surface area contributed by atoms with Crippen LogP contribution >= 0.6 is 0 Å². The molecule has 0 spiro atoms. The molecular formula is C20H22N2O. The second-order valence-electron chi connectivity index (χ2n) is 6.16. The van der Waals surface area contributed by atoms with Gasteiger partial charge in [-0.3, -0.25) is 9.69 Å². The molecule has 118 valence electrons. The minimum Gasteiger partial charge on any atom is -0.360 e. The topological polar surface area (TPSA) is 36.1 Å². The molecule has 0 saturated carbocycles. The summed E-state index contributed by atoms with van der Waals surface area (Å²) in [6.45, 7) is 5.47. The number of fused-ring (bicyclic) bond motifs is 1. The third-order valence-corrected chi connectivity index (χ3v) is 4.20. The molecule has 2 aromatic carbocycles. The fourth-order valence-corrected chi connectivity index (χ4v) is 2.81. The highest BCUT2D eigenvalue weighted by Crippen LogP contribution is 2.19. The van der Waals surface area contributed by atoms with Crippen LogP contribution in [0.1, 0.15) is 29.8 Å². The fourth-order valence-electron chi connectivity index (χ4n) is 2.81. The Labute approximate surface area is 136 Å². The van der Waals surface area contributed by atoms with Gasteiger partial charge in [-0.15, -0.1) is 0 Å². The van der Waals surface area contributed by atoms with Gasteiger partial charge in [-0.1, -0.05) is 48.5 Å². The minimum absolute atomic E-state index is 0.159. The maximum absolute atomic E-state index is 12.8. The lowest BCUT2D eigenvalue weighted by Gasteiger charge is -2.25. The summed E-state index contributed by atoms with van der Waals surface area (Å²) in [4.78, 5) is 18.2. The highest BCUT2D eigenvalue weighted by Gasteiger charge is 2.18. The molecule has 3 rings (SSSR count). The van der Waals surface area contributed by atoms with Crippen LogP contribution in [-0.4, -0.2) is 28.3 Å². The number of nitrogens with one attached hydrogen (secondary N) is 1. The van der Waals surface area contributed by atoms with E-state index in [0.717, 1.165) is 23.0 Å². The van der Waals surface area contributed by atoms with Gasteiger partial charge >= 0.3 is 0 Å². The average molecular weight is 306 g/mol. The molecule has 0 aliphatic rings. The van der Waals surface area contributed by atoms with Gasteiger partial charge in [-0.05, 0) is 25.5 Å². The standard InChI is InChI=1S/C20H22N2O/c1-15(2)22(13-16-8-4-3-5-9-16)14-20(23)18-12-21-19-11-7-6-10-17(18)19/h3-12,15,21H,13-14H2,1-2H3. The minimum atomic E-state index is 0.159. The molecule has 3 nitrogen and oxygen atoms in total. The number of aromatic amines is 1. The van der Waals surface area contributed by atoms with Crippen molar-refractivity contribution in [3.05, 3.63) is 71.9 Å². The summed E-state index contributed by atoms with van der Waals surface area (Å²) in [6.07, 6.45) is 1.83. The Bertz CT molecular complexity index is 790. The number of H-pyrrole nitrogens is 1. The number of rotatable bonds is 6. The molecule has 0 aliphatic carbocycles. The summed E-state index contributed by atoms with van der Waals surface area (Å²) in [5.41, 5.74) is 3.02. The average Bonchev–Trinajstić information content (AvgIpc) is 2.99. The lowest BCUT2D eigenvalue weighted by Crippen LogP contribution is -2.35. The first-order valence-corrected chi connectivity index (χ1v) is 8.02. The van der Waals surface area contributed by atoms with Gasteiger partial charge in [0, 0.05) is 35.2 Å². The van der Waals surface area contributed by atoms with Crippen LogP contribution in [0.5, 0.6) is 0 Å². The van der Waals surface area contributed by atoms with Gasteiger partial charge in [0.25, 0.3) is 0 Å². The van der Waals surface area contributed by atoms with Crippen LogP contribution in [0.4, 0.5) is 0 Å². The Morgan fingerprint density at radius 1 is 1.04 bits per heavy atom. The Kier molecular flexibility index (Phi) is 4.58. The number of benzene rings is 2. The quantitative estimate of drug-likeness (QED) is 0.691. The highest BCUT2D eigenvalue weighted by molar-refractivity contribution is 6.08. The number of nitrogens with zero attached hydrogens (tertiary/aromatic N) is 1. The number of hydrogen-bond acceptors (Lipinski definition) is 2. The van der Waals surface area contributed by atoms with E-state index >= 15 is 0 Å². The van der Waals surface area contributed by atoms with Crippen LogP contribution in [0.3, 0.4) is 0 Å². The van der Waals surface area contributed by atoms with E-state index in [1.165, 1.54) is 5.56 Å². The predicted octanol–water partition coefficient (Wildman–Crippen LogP) is 4.26. The van der Waals surface area contributed by atoms with Crippen LogP contribution in [0.2, 0.25) is 0 Å². The Balaban J connectivity index is 1.78. The van der Waals surface area contributed by atoms with Crippen molar-refractivity contribution in [1.29, 1.82) is 0 Å². The molecule has 1 heterocycles. The zero-order valence-electron chi connectivity index (χ0n) is 13.6. The van der Waals surface area contributed by atoms with Crippen molar-refractivity contribution < 1.29 is 4.79 Å². The molecule has 1 N–H and O–H groups in total. The normalized spacial score (nSPS) is 11.5. The van der Waals surface area contributed by atoms with E-state index < -0.39 is 0 Å². The molecule has 0 amide bonds. The second kappa shape index (κ2) is 6.80. The lowest BCUT2D eigenvalue weighted by molar-refractivity contribution is 0.0900. The van der Waals surface area contributed by atoms with E-state index in [1.807, 2.05) is 48.7 Å². The van der Waals surface area contributed by atoms with E-state index in [4.69, 9.17) is 0 Å². The SMILES string of the molecule is CC(C)N(CC(=O)c1c[nH]c2ccccc12)Cc1ccccc1. The van der Waals surface area contributed by atoms with Crippen molar-refractivity contribution in [2.24, 2.45) is 0 Å². The Morgan fingerprint density at radius 2 is 1.74 bits per heavy atom. The zero-order chi connectivity index (χ0) is 16.2. The van der Waals surface area contributed by atoms with Crippen molar-refractivity contribution >= 4 is 16.7 Å². The van der Waals surface area contributed by atoms with Crippen LogP contribution in [0, 0.1) is 0 Å². The number of Topliss-reactive ketones (excluding diaryl/α,β-unsaturated/α-hetero) is 1. The number of hydrogen-bond donors (Lipinski definition) is 1. The molecule has 3 aromatic rings. The number of ketones is 1. The van der Waals surface area contributed by atoms with Crippen LogP contribution in [0.15, 0.2) is 60.8 Å². The molecule has 0 bridgehead atoms. The molecular weight excluding hydrogens is 284 g/mol. The molecule has 0 radical (unpaired) electrons. The maximum Gasteiger partial charge on any atom is 0.178 e. The summed E-state index contributed by atoms with van der Waals surface area (Å²) >= 11 is 0.